The maximum absolute atomic E-state index is 12.7. The summed E-state index contributed by atoms with van der Waals surface area (Å²) in [5.74, 6) is -0.0135. The van der Waals surface area contributed by atoms with E-state index in [1.807, 2.05) is 29.2 Å². The third-order valence-electron chi connectivity index (χ3n) is 4.93. The molecule has 1 aliphatic rings. The van der Waals surface area contributed by atoms with Gasteiger partial charge in [-0.15, -0.1) is 11.3 Å². The summed E-state index contributed by atoms with van der Waals surface area (Å²) in [5, 5.41) is 12.8. The van der Waals surface area contributed by atoms with Crippen molar-refractivity contribution in [3.8, 4) is 16.6 Å². The third kappa shape index (κ3) is 4.65. The highest BCUT2D eigenvalue weighted by Crippen LogP contribution is 2.25. The van der Waals surface area contributed by atoms with Crippen LogP contribution in [0.5, 0.6) is 0 Å². The lowest BCUT2D eigenvalue weighted by Gasteiger charge is -2.34. The zero-order valence-corrected chi connectivity index (χ0v) is 17.3. The van der Waals surface area contributed by atoms with E-state index in [2.05, 4.69) is 16.3 Å². The molecule has 0 atom stereocenters. The SMILES string of the molecule is N#Cc1cccc(C(=O)N2CCN(Cc3csc(-c4ccc(Cl)cc4)n3)CC2)c1. The smallest absolute Gasteiger partial charge is 0.253 e. The van der Waals surface area contributed by atoms with Gasteiger partial charge < -0.3 is 4.90 Å². The zero-order chi connectivity index (χ0) is 20.2. The van der Waals surface area contributed by atoms with Gasteiger partial charge in [-0.25, -0.2) is 4.98 Å². The molecular formula is C22H19ClN4OS. The first-order valence-corrected chi connectivity index (χ1v) is 10.6. The second-order valence-electron chi connectivity index (χ2n) is 6.91. The van der Waals surface area contributed by atoms with E-state index in [1.165, 1.54) is 0 Å². The maximum atomic E-state index is 12.7. The Bertz CT molecular complexity index is 1050. The second kappa shape index (κ2) is 8.75. The van der Waals surface area contributed by atoms with E-state index in [0.29, 0.717) is 24.2 Å². The van der Waals surface area contributed by atoms with Gasteiger partial charge in [0, 0.05) is 54.3 Å². The molecule has 5 nitrogen and oxygen atoms in total. The van der Waals surface area contributed by atoms with Gasteiger partial charge >= 0.3 is 0 Å². The molecule has 1 amide bonds. The molecule has 0 radical (unpaired) electrons. The van der Waals surface area contributed by atoms with Crippen LogP contribution in [0.15, 0.2) is 53.9 Å². The normalized spacial score (nSPS) is 14.6. The van der Waals surface area contributed by atoms with Crippen LogP contribution in [0, 0.1) is 11.3 Å². The summed E-state index contributed by atoms with van der Waals surface area (Å²) in [6.07, 6.45) is 0. The van der Waals surface area contributed by atoms with Crippen molar-refractivity contribution in [1.82, 2.24) is 14.8 Å². The molecule has 2 heterocycles. The number of halogens is 1. The summed E-state index contributed by atoms with van der Waals surface area (Å²) in [6, 6.07) is 16.7. The number of rotatable bonds is 4. The number of piperazine rings is 1. The van der Waals surface area contributed by atoms with E-state index in [9.17, 15) is 4.79 Å². The molecule has 1 fully saturated rings. The number of hydrogen-bond donors (Lipinski definition) is 0. The number of nitriles is 1. The highest BCUT2D eigenvalue weighted by molar-refractivity contribution is 7.13. The van der Waals surface area contributed by atoms with Gasteiger partial charge in [-0.2, -0.15) is 5.26 Å². The Morgan fingerprint density at radius 3 is 2.62 bits per heavy atom. The molecule has 29 heavy (non-hydrogen) atoms. The Hall–Kier alpha value is -2.72. The molecule has 4 rings (SSSR count). The van der Waals surface area contributed by atoms with Crippen molar-refractivity contribution in [3.63, 3.8) is 0 Å². The molecule has 1 aliphatic heterocycles. The number of thiazole rings is 1. The average molecular weight is 423 g/mol. The standard InChI is InChI=1S/C22H19ClN4OS/c23-19-6-4-17(5-7-19)21-25-20(15-29-21)14-26-8-10-27(11-9-26)22(28)18-3-1-2-16(12-18)13-24/h1-7,12,15H,8-11,14H2. The predicted molar refractivity (Wildman–Crippen MR) is 115 cm³/mol. The molecule has 7 heteroatoms. The lowest BCUT2D eigenvalue weighted by atomic mass is 10.1. The van der Waals surface area contributed by atoms with Crippen molar-refractivity contribution in [2.45, 2.75) is 6.54 Å². The maximum Gasteiger partial charge on any atom is 0.253 e. The molecule has 0 unspecified atom stereocenters. The summed E-state index contributed by atoms with van der Waals surface area (Å²) >= 11 is 7.59. The predicted octanol–water partition coefficient (Wildman–Crippen LogP) is 4.29. The Morgan fingerprint density at radius 1 is 1.14 bits per heavy atom. The number of carbonyl (C=O) groups excluding carboxylic acids is 1. The van der Waals surface area contributed by atoms with Crippen LogP contribution >= 0.6 is 22.9 Å². The van der Waals surface area contributed by atoms with Gasteiger partial charge in [0.05, 0.1) is 17.3 Å². The third-order valence-corrected chi connectivity index (χ3v) is 6.12. The van der Waals surface area contributed by atoms with Gasteiger partial charge in [0.25, 0.3) is 5.91 Å². The number of amides is 1. The molecule has 0 aliphatic carbocycles. The van der Waals surface area contributed by atoms with Crippen molar-refractivity contribution < 1.29 is 4.79 Å². The molecule has 0 N–H and O–H groups in total. The van der Waals surface area contributed by atoms with E-state index in [1.54, 1.807) is 35.6 Å². The van der Waals surface area contributed by atoms with Crippen molar-refractivity contribution in [1.29, 1.82) is 5.26 Å². The van der Waals surface area contributed by atoms with Gasteiger partial charge in [-0.05, 0) is 30.3 Å². The Morgan fingerprint density at radius 2 is 1.90 bits per heavy atom. The van der Waals surface area contributed by atoms with E-state index >= 15 is 0 Å². The number of carbonyl (C=O) groups is 1. The van der Waals surface area contributed by atoms with Crippen LogP contribution < -0.4 is 0 Å². The summed E-state index contributed by atoms with van der Waals surface area (Å²) in [7, 11) is 0. The second-order valence-corrected chi connectivity index (χ2v) is 8.21. The largest absolute Gasteiger partial charge is 0.336 e. The monoisotopic (exact) mass is 422 g/mol. The van der Waals surface area contributed by atoms with E-state index in [0.717, 1.165) is 40.9 Å². The lowest BCUT2D eigenvalue weighted by molar-refractivity contribution is 0.0627. The number of hydrogen-bond acceptors (Lipinski definition) is 5. The van der Waals surface area contributed by atoms with Crippen LogP contribution in [-0.4, -0.2) is 46.9 Å². The molecule has 3 aromatic rings. The fraction of sp³-hybridized carbons (Fsp3) is 0.227. The van der Waals surface area contributed by atoms with Gasteiger partial charge in [-0.1, -0.05) is 29.8 Å². The van der Waals surface area contributed by atoms with Crippen LogP contribution in [-0.2, 0) is 6.54 Å². The molecule has 0 bridgehead atoms. The first-order valence-electron chi connectivity index (χ1n) is 9.34. The lowest BCUT2D eigenvalue weighted by Crippen LogP contribution is -2.48. The quantitative estimate of drug-likeness (QED) is 0.629. The van der Waals surface area contributed by atoms with E-state index < -0.39 is 0 Å². The minimum Gasteiger partial charge on any atom is -0.336 e. The Labute approximate surface area is 178 Å². The fourth-order valence-electron chi connectivity index (χ4n) is 3.35. The number of benzene rings is 2. The average Bonchev–Trinajstić information content (AvgIpc) is 3.23. The first-order chi connectivity index (χ1) is 14.1. The van der Waals surface area contributed by atoms with E-state index in [4.69, 9.17) is 21.8 Å². The summed E-state index contributed by atoms with van der Waals surface area (Å²) < 4.78 is 0. The molecule has 1 aromatic heterocycles. The van der Waals surface area contributed by atoms with Crippen molar-refractivity contribution in [3.05, 3.63) is 75.8 Å². The molecule has 1 saturated heterocycles. The minimum absolute atomic E-state index is 0.0135. The summed E-state index contributed by atoms with van der Waals surface area (Å²) in [5.41, 5.74) is 3.20. The zero-order valence-electron chi connectivity index (χ0n) is 15.7. The molecule has 2 aromatic carbocycles. The van der Waals surface area contributed by atoms with Crippen LogP contribution in [0.4, 0.5) is 0 Å². The van der Waals surface area contributed by atoms with Crippen molar-refractivity contribution in [2.24, 2.45) is 0 Å². The highest BCUT2D eigenvalue weighted by Gasteiger charge is 2.23. The topological polar surface area (TPSA) is 60.2 Å². The van der Waals surface area contributed by atoms with Gasteiger partial charge in [0.15, 0.2) is 0 Å². The van der Waals surface area contributed by atoms with E-state index in [-0.39, 0.29) is 5.91 Å². The van der Waals surface area contributed by atoms with Gasteiger partial charge in [-0.3, -0.25) is 9.69 Å². The van der Waals surface area contributed by atoms with Crippen LogP contribution in [0.2, 0.25) is 5.02 Å². The Kier molecular flexibility index (Phi) is 5.91. The first kappa shape index (κ1) is 19.6. The molecule has 146 valence electrons. The molecule has 0 spiro atoms. The fourth-order valence-corrected chi connectivity index (χ4v) is 4.29. The van der Waals surface area contributed by atoms with Gasteiger partial charge in [0.1, 0.15) is 5.01 Å². The van der Waals surface area contributed by atoms with Crippen LogP contribution in [0.1, 0.15) is 21.6 Å². The highest BCUT2D eigenvalue weighted by atomic mass is 35.5. The van der Waals surface area contributed by atoms with Crippen molar-refractivity contribution in [2.75, 3.05) is 26.2 Å². The summed E-state index contributed by atoms with van der Waals surface area (Å²) in [6.45, 7) is 3.72. The van der Waals surface area contributed by atoms with Gasteiger partial charge in [0.2, 0.25) is 0 Å². The summed E-state index contributed by atoms with van der Waals surface area (Å²) in [4.78, 5) is 21.6. The molecular weight excluding hydrogens is 404 g/mol. The minimum atomic E-state index is -0.0135. The van der Waals surface area contributed by atoms with Crippen molar-refractivity contribution >= 4 is 28.8 Å². The van der Waals surface area contributed by atoms with Crippen LogP contribution in [0.3, 0.4) is 0 Å². The number of aromatic nitrogens is 1. The Balaban J connectivity index is 1.34. The number of nitrogens with zero attached hydrogens (tertiary/aromatic N) is 4. The van der Waals surface area contributed by atoms with Crippen LogP contribution in [0.25, 0.3) is 10.6 Å². The molecule has 0 saturated carbocycles.